The summed E-state index contributed by atoms with van der Waals surface area (Å²) in [6.07, 6.45) is 0. The molecular formula is C67H79BrN2O6P2S2. The van der Waals surface area contributed by atoms with Crippen LogP contribution in [0.4, 0.5) is 0 Å². The van der Waals surface area contributed by atoms with Gasteiger partial charge in [0.2, 0.25) is 19.7 Å². The predicted octanol–water partition coefficient (Wildman–Crippen LogP) is 20.2. The van der Waals surface area contributed by atoms with Crippen molar-refractivity contribution in [1.82, 2.24) is 9.55 Å². The van der Waals surface area contributed by atoms with Crippen molar-refractivity contribution >= 4 is 97.1 Å². The Labute approximate surface area is 489 Å². The van der Waals surface area contributed by atoms with Crippen LogP contribution in [0.3, 0.4) is 0 Å². The number of halogens is 1. The quantitative estimate of drug-likeness (QED) is 0.164. The Morgan fingerprint density at radius 2 is 0.738 bits per heavy atom. The molecule has 0 radical (unpaired) electrons. The van der Waals surface area contributed by atoms with E-state index < -0.39 is 19.7 Å². The number of ether oxygens (including phenoxy) is 2. The summed E-state index contributed by atoms with van der Waals surface area (Å²) in [4.78, 5) is 4.36. The van der Waals surface area contributed by atoms with Crippen LogP contribution in [-0.2, 0) is 41.3 Å². The monoisotopic (exact) mass is 1210 g/mol. The van der Waals surface area contributed by atoms with Gasteiger partial charge < -0.3 is 19.0 Å². The molecule has 10 aromatic rings. The van der Waals surface area contributed by atoms with Gasteiger partial charge in [0.1, 0.15) is 42.6 Å². The highest BCUT2D eigenvalue weighted by Crippen LogP contribution is 2.46. The largest absolute Gasteiger partial charge is 0.455 e. The van der Waals surface area contributed by atoms with Gasteiger partial charge in [-0.2, -0.15) is 0 Å². The van der Waals surface area contributed by atoms with Crippen molar-refractivity contribution < 1.29 is 26.3 Å². The van der Waals surface area contributed by atoms with Crippen molar-refractivity contribution in [3.8, 4) is 28.7 Å². The lowest BCUT2D eigenvalue weighted by Gasteiger charge is -2.21. The van der Waals surface area contributed by atoms with E-state index in [-0.39, 0.29) is 63.5 Å². The van der Waals surface area contributed by atoms with Crippen LogP contribution in [0.2, 0.25) is 0 Å². The molecule has 8 aromatic carbocycles. The molecule has 0 aliphatic carbocycles. The molecule has 4 heterocycles. The van der Waals surface area contributed by atoms with Gasteiger partial charge in [-0.15, -0.1) is 17.9 Å². The van der Waals surface area contributed by atoms with E-state index in [1.807, 2.05) is 12.1 Å². The summed E-state index contributed by atoms with van der Waals surface area (Å²) in [6, 6.07) is 50.7. The summed E-state index contributed by atoms with van der Waals surface area (Å²) < 4.78 is 65.9. The van der Waals surface area contributed by atoms with Gasteiger partial charge in [0.15, 0.2) is 0 Å². The molecule has 2 aromatic heterocycles. The molecule has 422 valence electrons. The maximum Gasteiger partial charge on any atom is 0.213 e. The summed E-state index contributed by atoms with van der Waals surface area (Å²) in [5.74, 6) is 1.44. The molecular weight excluding hydrogens is 1130 g/mol. The van der Waals surface area contributed by atoms with E-state index >= 15 is 0 Å². The van der Waals surface area contributed by atoms with E-state index in [0.717, 1.165) is 21.2 Å². The normalized spacial score (nSPS) is 13.7. The first kappa shape index (κ1) is 63.4. The highest BCUT2D eigenvalue weighted by Gasteiger charge is 2.33. The third-order valence-corrected chi connectivity index (χ3v) is 18.4. The van der Waals surface area contributed by atoms with Crippen LogP contribution in [0, 0.1) is 0 Å². The fourth-order valence-electron chi connectivity index (χ4n) is 9.77. The number of nitrogens with one attached hydrogen (secondary N) is 1. The Morgan fingerprint density at radius 3 is 1.14 bits per heavy atom. The number of aromatic amines is 1. The predicted molar refractivity (Wildman–Crippen MR) is 349 cm³/mol. The molecule has 2 aliphatic heterocycles. The van der Waals surface area contributed by atoms with Gasteiger partial charge in [0.05, 0.1) is 11.0 Å². The molecule has 0 bridgehead atoms. The van der Waals surface area contributed by atoms with Crippen LogP contribution in [0.15, 0.2) is 182 Å². The molecule has 1 N–H and O–H groups in total. The molecule has 12 rings (SSSR count). The highest BCUT2D eigenvalue weighted by atomic mass is 79.9. The number of H-pyrrole nitrogens is 1. The zero-order valence-corrected chi connectivity index (χ0v) is 51.3. The zero-order chi connectivity index (χ0) is 55.8. The number of nitrogens with zero attached hydrogens (tertiary/aromatic N) is 1. The number of para-hydroxylation sites is 2. The van der Waals surface area contributed by atoms with Crippen LogP contribution in [0.5, 0.6) is 23.0 Å². The van der Waals surface area contributed by atoms with Gasteiger partial charge in [-0.3, -0.25) is 0 Å². The van der Waals surface area contributed by atoms with Crippen LogP contribution in [-0.4, -0.2) is 26.4 Å². The molecule has 2 atom stereocenters. The van der Waals surface area contributed by atoms with Gasteiger partial charge in [-0.1, -0.05) is 170 Å². The fraction of sp³-hybridized carbons (Fsp3) is 0.284. The standard InChI is InChI=1S/C32H31NO3S.C20H25N.C12H7BrO3S.3CH4.H4P2/c1-31(2,3)20-11-14-25-23(17-20)24-18-21(32(4,5)6)12-15-26(24)33(25)22-13-16-30-28(19-22)36-27-9-7-8-10-29(27)37(30,34)35;1-19(2,3)13-7-9-17-15(11-13)16-12-14(20(4,5)6)8-10-18(16)21-17;13-8-5-6-12-10(7-8)16-9-3-1-2-4-11(9)17(12,14)15;;;;1-2/h7-19H,1-6H3;7-12,21H,1-6H3;1-7H;3*1H4;1-2H2. The molecule has 0 saturated heterocycles. The van der Waals surface area contributed by atoms with Crippen molar-refractivity contribution in [2.75, 3.05) is 0 Å². The Bertz CT molecular complexity index is 4030. The van der Waals surface area contributed by atoms with E-state index in [4.69, 9.17) is 9.47 Å². The van der Waals surface area contributed by atoms with Crippen LogP contribution in [0.25, 0.3) is 49.3 Å². The lowest BCUT2D eigenvalue weighted by molar-refractivity contribution is 0.442. The van der Waals surface area contributed by atoms with E-state index in [1.165, 1.54) is 54.8 Å². The first-order chi connectivity index (χ1) is 36.1. The second-order valence-corrected chi connectivity index (χ2v) is 28.5. The molecule has 0 amide bonds. The summed E-state index contributed by atoms with van der Waals surface area (Å²) in [6.45, 7) is 27.0. The van der Waals surface area contributed by atoms with Gasteiger partial charge in [0, 0.05) is 48.8 Å². The van der Waals surface area contributed by atoms with Gasteiger partial charge in [0.25, 0.3) is 0 Å². The average Bonchev–Trinajstić information content (AvgIpc) is 4.10. The molecule has 8 nitrogen and oxygen atoms in total. The number of rotatable bonds is 1. The van der Waals surface area contributed by atoms with Crippen molar-refractivity contribution in [2.24, 2.45) is 0 Å². The lowest BCUT2D eigenvalue weighted by Crippen LogP contribution is -2.11. The fourth-order valence-corrected chi connectivity index (χ4v) is 13.1. The third kappa shape index (κ3) is 12.1. The zero-order valence-electron chi connectivity index (χ0n) is 45.8. The molecule has 0 fully saturated rings. The van der Waals surface area contributed by atoms with E-state index in [9.17, 15) is 16.8 Å². The topological polar surface area (TPSA) is 107 Å². The number of hydrogen-bond acceptors (Lipinski definition) is 6. The average molecular weight is 1210 g/mol. The number of sulfone groups is 2. The third-order valence-electron chi connectivity index (χ3n) is 14.2. The summed E-state index contributed by atoms with van der Waals surface area (Å²) in [7, 11) is -2.45. The van der Waals surface area contributed by atoms with Crippen LogP contribution < -0.4 is 9.47 Å². The van der Waals surface area contributed by atoms with Crippen molar-refractivity contribution in [3.05, 3.63) is 184 Å². The smallest absolute Gasteiger partial charge is 0.213 e. The molecule has 2 aliphatic rings. The molecule has 2 unspecified atom stereocenters. The summed E-state index contributed by atoms with van der Waals surface area (Å²) in [5, 5.41) is 5.04. The first-order valence-electron chi connectivity index (χ1n) is 25.6. The minimum absolute atomic E-state index is 0. The van der Waals surface area contributed by atoms with Crippen LogP contribution in [0.1, 0.15) is 128 Å². The SMILES string of the molecule is C.C.C.CC(C)(C)c1ccc2[nH]c3ccc(C(C)(C)C)cc3c2c1.CC(C)(C)c1ccc2c(c1)c1cc(C(C)(C)C)ccc1n2-c1ccc2c(c1)Oc1ccccc1S2(=O)=O.O=S1(=O)c2ccccc2Oc2cc(Br)ccc21.PP. The van der Waals surface area contributed by atoms with Gasteiger partial charge >= 0.3 is 0 Å². The summed E-state index contributed by atoms with van der Waals surface area (Å²) in [5.41, 5.74) is 11.2. The minimum atomic E-state index is -3.65. The Morgan fingerprint density at radius 1 is 0.400 bits per heavy atom. The number of benzene rings is 8. The number of hydrogen-bond donors (Lipinski definition) is 1. The molecule has 0 saturated carbocycles. The van der Waals surface area contributed by atoms with Crippen molar-refractivity contribution in [3.63, 3.8) is 0 Å². The highest BCUT2D eigenvalue weighted by molar-refractivity contribution is 9.10. The van der Waals surface area contributed by atoms with E-state index in [2.05, 4.69) is 199 Å². The van der Waals surface area contributed by atoms with Gasteiger partial charge in [-0.05, 0) is 147 Å². The van der Waals surface area contributed by atoms with Gasteiger partial charge in [-0.25, -0.2) is 16.8 Å². The maximum atomic E-state index is 13.3. The Balaban J connectivity index is 0.000000204. The Kier molecular flexibility index (Phi) is 18.4. The maximum absolute atomic E-state index is 13.3. The lowest BCUT2D eigenvalue weighted by atomic mass is 9.85. The van der Waals surface area contributed by atoms with Crippen molar-refractivity contribution in [2.45, 2.75) is 147 Å². The van der Waals surface area contributed by atoms with Crippen LogP contribution >= 0.6 is 33.8 Å². The first-order valence-corrected chi connectivity index (χ1v) is 32.0. The molecule has 80 heavy (non-hydrogen) atoms. The molecule has 0 spiro atoms. The summed E-state index contributed by atoms with van der Waals surface area (Å²) >= 11 is 3.29. The second-order valence-electron chi connectivity index (χ2n) is 23.8. The van der Waals surface area contributed by atoms with E-state index in [0.29, 0.717) is 23.0 Å². The number of fused-ring (bicyclic) bond motifs is 10. The Hall–Kier alpha value is -5.80. The van der Waals surface area contributed by atoms with Crippen molar-refractivity contribution in [1.29, 1.82) is 0 Å². The number of aromatic nitrogens is 2. The minimum Gasteiger partial charge on any atom is -0.455 e. The molecule has 13 heteroatoms. The van der Waals surface area contributed by atoms with E-state index in [1.54, 1.807) is 72.8 Å². The second kappa shape index (κ2) is 23.2.